The predicted molar refractivity (Wildman–Crippen MR) is 113 cm³/mol. The molecule has 0 bridgehead atoms. The van der Waals surface area contributed by atoms with Gasteiger partial charge in [-0.05, 0) is 48.0 Å². The minimum absolute atomic E-state index is 0.0481. The third-order valence-corrected chi connectivity index (χ3v) is 4.92. The van der Waals surface area contributed by atoms with Gasteiger partial charge in [-0.3, -0.25) is 4.79 Å². The smallest absolute Gasteiger partial charge is 0.254 e. The first-order valence-corrected chi connectivity index (χ1v) is 9.42. The third kappa shape index (κ3) is 4.65. The van der Waals surface area contributed by atoms with Crippen LogP contribution in [0.4, 0.5) is 0 Å². The van der Waals surface area contributed by atoms with E-state index in [4.69, 9.17) is 16.3 Å². The van der Waals surface area contributed by atoms with Gasteiger partial charge in [0.1, 0.15) is 5.75 Å². The Labute approximate surface area is 170 Å². The summed E-state index contributed by atoms with van der Waals surface area (Å²) in [5, 5.41) is 0.736. The molecule has 0 radical (unpaired) electrons. The summed E-state index contributed by atoms with van der Waals surface area (Å²) in [6.07, 6.45) is 3.74. The maximum absolute atomic E-state index is 13.0. The van der Waals surface area contributed by atoms with Crippen LogP contribution in [0.25, 0.3) is 0 Å². The van der Waals surface area contributed by atoms with Gasteiger partial charge in [0.15, 0.2) is 0 Å². The lowest BCUT2D eigenvalue weighted by Gasteiger charge is -2.22. The highest BCUT2D eigenvalue weighted by Crippen LogP contribution is 2.19. The third-order valence-electron chi connectivity index (χ3n) is 4.55. The maximum Gasteiger partial charge on any atom is 0.254 e. The van der Waals surface area contributed by atoms with Gasteiger partial charge in [-0.2, -0.15) is 0 Å². The van der Waals surface area contributed by atoms with Gasteiger partial charge in [-0.15, -0.1) is 6.58 Å². The van der Waals surface area contributed by atoms with Gasteiger partial charge in [-0.25, -0.2) is 0 Å². The summed E-state index contributed by atoms with van der Waals surface area (Å²) in [5.41, 5.74) is 2.69. The van der Waals surface area contributed by atoms with Crippen LogP contribution in [0.3, 0.4) is 0 Å². The van der Waals surface area contributed by atoms with E-state index in [1.807, 2.05) is 42.6 Å². The molecule has 0 fully saturated rings. The fourth-order valence-electron chi connectivity index (χ4n) is 3.04. The molecule has 0 aliphatic carbocycles. The number of carbonyl (C=O) groups excluding carboxylic acids is 1. The number of benzene rings is 2. The van der Waals surface area contributed by atoms with Crippen LogP contribution in [0, 0.1) is 0 Å². The molecule has 0 unspecified atom stereocenters. The van der Waals surface area contributed by atoms with Gasteiger partial charge >= 0.3 is 0 Å². The zero-order valence-electron chi connectivity index (χ0n) is 15.8. The van der Waals surface area contributed by atoms with E-state index in [-0.39, 0.29) is 5.91 Å². The summed E-state index contributed by atoms with van der Waals surface area (Å²) >= 11 is 6.30. The van der Waals surface area contributed by atoms with Crippen molar-refractivity contribution in [2.75, 3.05) is 13.7 Å². The van der Waals surface area contributed by atoms with Crippen molar-refractivity contribution >= 4 is 17.5 Å². The average molecular weight is 395 g/mol. The standard InChI is InChI=1S/C23H23ClN2O2/c1-3-14-26(23(27)18-10-12-21(28-2)13-11-18)17-20-8-6-15-25(20)16-19-7-4-5-9-22(19)24/h3-13,15H,1,14,16-17H2,2H3. The molecule has 3 aromatic rings. The van der Waals surface area contributed by atoms with Crippen molar-refractivity contribution in [2.45, 2.75) is 13.1 Å². The lowest BCUT2D eigenvalue weighted by molar-refractivity contribution is 0.0759. The summed E-state index contributed by atoms with van der Waals surface area (Å²) in [7, 11) is 1.61. The minimum Gasteiger partial charge on any atom is -0.497 e. The lowest BCUT2D eigenvalue weighted by atomic mass is 10.2. The van der Waals surface area contributed by atoms with Crippen LogP contribution in [0.1, 0.15) is 21.6 Å². The summed E-state index contributed by atoms with van der Waals surface area (Å²) in [5.74, 6) is 0.675. The fraction of sp³-hybridized carbons (Fsp3) is 0.174. The molecule has 0 saturated heterocycles. The summed E-state index contributed by atoms with van der Waals surface area (Å²) in [4.78, 5) is 14.8. The Bertz CT molecular complexity index is 947. The number of hydrogen-bond acceptors (Lipinski definition) is 2. The van der Waals surface area contributed by atoms with Crippen molar-refractivity contribution in [3.63, 3.8) is 0 Å². The van der Waals surface area contributed by atoms with E-state index in [9.17, 15) is 4.79 Å². The van der Waals surface area contributed by atoms with Gasteiger partial charge in [0.05, 0.1) is 13.7 Å². The molecule has 0 atom stereocenters. The number of carbonyl (C=O) groups is 1. The highest BCUT2D eigenvalue weighted by Gasteiger charge is 2.17. The molecule has 5 heteroatoms. The zero-order valence-corrected chi connectivity index (χ0v) is 16.6. The normalized spacial score (nSPS) is 10.5. The van der Waals surface area contributed by atoms with E-state index in [1.165, 1.54) is 0 Å². The van der Waals surface area contributed by atoms with E-state index in [0.29, 0.717) is 25.2 Å². The molecular weight excluding hydrogens is 372 g/mol. The largest absolute Gasteiger partial charge is 0.497 e. The van der Waals surface area contributed by atoms with Crippen LogP contribution in [0.5, 0.6) is 5.75 Å². The van der Waals surface area contributed by atoms with Crippen LogP contribution in [0.2, 0.25) is 5.02 Å². The van der Waals surface area contributed by atoms with E-state index in [2.05, 4.69) is 11.1 Å². The summed E-state index contributed by atoms with van der Waals surface area (Å²) in [6, 6.07) is 18.9. The molecule has 2 aromatic carbocycles. The number of methoxy groups -OCH3 is 1. The molecule has 3 rings (SSSR count). The molecule has 0 aliphatic heterocycles. The Morgan fingerprint density at radius 1 is 1.14 bits per heavy atom. The Balaban J connectivity index is 1.79. The van der Waals surface area contributed by atoms with E-state index in [1.54, 1.807) is 42.4 Å². The number of halogens is 1. The molecule has 1 amide bonds. The predicted octanol–water partition coefficient (Wildman–Crippen LogP) is 5.03. The first-order chi connectivity index (χ1) is 13.6. The topological polar surface area (TPSA) is 34.5 Å². The van der Waals surface area contributed by atoms with Gasteiger partial charge in [-0.1, -0.05) is 35.9 Å². The van der Waals surface area contributed by atoms with Crippen molar-refractivity contribution in [1.29, 1.82) is 0 Å². The molecule has 4 nitrogen and oxygen atoms in total. The number of amides is 1. The number of aromatic nitrogens is 1. The summed E-state index contributed by atoms with van der Waals surface area (Å²) in [6.45, 7) is 5.39. The quantitative estimate of drug-likeness (QED) is 0.502. The Morgan fingerprint density at radius 2 is 1.89 bits per heavy atom. The van der Waals surface area contributed by atoms with E-state index >= 15 is 0 Å². The number of nitrogens with zero attached hydrogens (tertiary/aromatic N) is 2. The Kier molecular flexibility index (Phi) is 6.56. The molecule has 144 valence electrons. The second kappa shape index (κ2) is 9.29. The lowest BCUT2D eigenvalue weighted by Crippen LogP contribution is -2.31. The monoisotopic (exact) mass is 394 g/mol. The first-order valence-electron chi connectivity index (χ1n) is 9.04. The molecule has 0 aliphatic rings. The van der Waals surface area contributed by atoms with E-state index < -0.39 is 0 Å². The Hall–Kier alpha value is -2.98. The van der Waals surface area contributed by atoms with Gasteiger partial charge in [0.25, 0.3) is 5.91 Å². The van der Waals surface area contributed by atoms with Crippen molar-refractivity contribution in [3.8, 4) is 5.75 Å². The second-order valence-corrected chi connectivity index (χ2v) is 6.83. The highest BCUT2D eigenvalue weighted by atomic mass is 35.5. The van der Waals surface area contributed by atoms with Crippen LogP contribution in [-0.2, 0) is 13.1 Å². The molecule has 0 saturated carbocycles. The number of ether oxygens (including phenoxy) is 1. The molecule has 1 heterocycles. The average Bonchev–Trinajstić information content (AvgIpc) is 3.15. The molecule has 28 heavy (non-hydrogen) atoms. The second-order valence-electron chi connectivity index (χ2n) is 6.42. The molecule has 0 spiro atoms. The van der Waals surface area contributed by atoms with Crippen molar-refractivity contribution < 1.29 is 9.53 Å². The van der Waals surface area contributed by atoms with Gasteiger partial charge in [0, 0.05) is 35.6 Å². The first kappa shape index (κ1) is 19.8. The van der Waals surface area contributed by atoms with Crippen LogP contribution >= 0.6 is 11.6 Å². The Morgan fingerprint density at radius 3 is 2.57 bits per heavy atom. The van der Waals surface area contributed by atoms with Crippen molar-refractivity contribution in [1.82, 2.24) is 9.47 Å². The van der Waals surface area contributed by atoms with Crippen LogP contribution in [-0.4, -0.2) is 29.0 Å². The molecule has 1 aromatic heterocycles. The molecule has 0 N–H and O–H groups in total. The minimum atomic E-state index is -0.0481. The number of hydrogen-bond donors (Lipinski definition) is 0. The SMILES string of the molecule is C=CCN(Cc1cccn1Cc1ccccc1Cl)C(=O)c1ccc(OC)cc1. The van der Waals surface area contributed by atoms with Crippen molar-refractivity contribution in [3.05, 3.63) is 101 Å². The van der Waals surface area contributed by atoms with E-state index in [0.717, 1.165) is 22.0 Å². The van der Waals surface area contributed by atoms with Gasteiger partial charge in [0.2, 0.25) is 0 Å². The van der Waals surface area contributed by atoms with Crippen molar-refractivity contribution in [2.24, 2.45) is 0 Å². The zero-order chi connectivity index (χ0) is 19.9. The maximum atomic E-state index is 13.0. The van der Waals surface area contributed by atoms with Gasteiger partial charge < -0.3 is 14.2 Å². The van der Waals surface area contributed by atoms with Crippen LogP contribution < -0.4 is 4.74 Å². The number of rotatable bonds is 8. The molecular formula is C23H23ClN2O2. The van der Waals surface area contributed by atoms with Crippen LogP contribution in [0.15, 0.2) is 79.5 Å². The summed E-state index contributed by atoms with van der Waals surface area (Å²) < 4.78 is 7.28. The highest BCUT2D eigenvalue weighted by molar-refractivity contribution is 6.31. The fourth-order valence-corrected chi connectivity index (χ4v) is 3.24.